The summed E-state index contributed by atoms with van der Waals surface area (Å²) in [7, 11) is 0. The van der Waals surface area contributed by atoms with Crippen molar-refractivity contribution in [2.24, 2.45) is 0 Å². The van der Waals surface area contributed by atoms with E-state index in [4.69, 9.17) is 16.3 Å². The van der Waals surface area contributed by atoms with E-state index in [0.29, 0.717) is 27.6 Å². The highest BCUT2D eigenvalue weighted by molar-refractivity contribution is 9.10. The maximum atomic E-state index is 12.8. The van der Waals surface area contributed by atoms with Crippen LogP contribution in [0, 0.1) is 6.92 Å². The summed E-state index contributed by atoms with van der Waals surface area (Å²) in [5.74, 6) is 0.000371. The highest BCUT2D eigenvalue weighted by atomic mass is 79.9. The maximum Gasteiger partial charge on any atom is 0.262 e. The number of carbonyl (C=O) groups excluding carboxylic acids is 2. The molecule has 3 aromatic carbocycles. The molecule has 0 saturated carbocycles. The van der Waals surface area contributed by atoms with Gasteiger partial charge in [-0.05, 0) is 48.9 Å². The smallest absolute Gasteiger partial charge is 0.262 e. The van der Waals surface area contributed by atoms with Gasteiger partial charge in [-0.3, -0.25) is 9.59 Å². The molecule has 0 radical (unpaired) electrons. The first-order valence-electron chi connectivity index (χ1n) is 8.52. The molecule has 142 valence electrons. The molecule has 0 unspecified atom stereocenters. The summed E-state index contributed by atoms with van der Waals surface area (Å²) in [4.78, 5) is 25.1. The zero-order valence-electron chi connectivity index (χ0n) is 15.0. The number of ether oxygens (including phenoxy) is 1. The van der Waals surface area contributed by atoms with Crippen molar-refractivity contribution in [2.45, 2.75) is 6.92 Å². The predicted molar refractivity (Wildman–Crippen MR) is 114 cm³/mol. The van der Waals surface area contributed by atoms with Gasteiger partial charge in [-0.2, -0.15) is 0 Å². The largest absolute Gasteiger partial charge is 0.484 e. The molecule has 6 heteroatoms. The van der Waals surface area contributed by atoms with Gasteiger partial charge in [-0.1, -0.05) is 57.9 Å². The van der Waals surface area contributed by atoms with Crippen molar-refractivity contribution in [2.75, 3.05) is 11.9 Å². The van der Waals surface area contributed by atoms with E-state index in [1.807, 2.05) is 25.1 Å². The first-order chi connectivity index (χ1) is 13.4. The van der Waals surface area contributed by atoms with Gasteiger partial charge >= 0.3 is 0 Å². The summed E-state index contributed by atoms with van der Waals surface area (Å²) < 4.78 is 6.51. The van der Waals surface area contributed by atoms with E-state index in [2.05, 4.69) is 21.2 Å². The van der Waals surface area contributed by atoms with E-state index in [0.717, 1.165) is 10.0 Å². The SMILES string of the molecule is Cc1cc(OCC(=O)Nc2ccc(Cl)cc2C(=O)c2ccccc2)ccc1Br. The zero-order chi connectivity index (χ0) is 20.1. The quantitative estimate of drug-likeness (QED) is 0.485. The first-order valence-corrected chi connectivity index (χ1v) is 9.69. The molecule has 0 heterocycles. The van der Waals surface area contributed by atoms with E-state index < -0.39 is 0 Å². The molecule has 1 amide bonds. The molecule has 4 nitrogen and oxygen atoms in total. The molecule has 0 saturated heterocycles. The molecule has 0 atom stereocenters. The van der Waals surface area contributed by atoms with Crippen molar-refractivity contribution >= 4 is 44.9 Å². The molecule has 0 spiro atoms. The maximum absolute atomic E-state index is 12.8. The second kappa shape index (κ2) is 9.04. The molecule has 1 N–H and O–H groups in total. The van der Waals surface area contributed by atoms with Gasteiger partial charge in [-0.25, -0.2) is 0 Å². The highest BCUT2D eigenvalue weighted by Gasteiger charge is 2.16. The van der Waals surface area contributed by atoms with Gasteiger partial charge in [0, 0.05) is 20.6 Å². The minimum Gasteiger partial charge on any atom is -0.484 e. The number of carbonyl (C=O) groups is 2. The molecule has 3 rings (SSSR count). The monoisotopic (exact) mass is 457 g/mol. The van der Waals surface area contributed by atoms with Crippen LogP contribution in [-0.4, -0.2) is 18.3 Å². The van der Waals surface area contributed by atoms with Crippen molar-refractivity contribution in [3.63, 3.8) is 0 Å². The minimum absolute atomic E-state index is 0.178. The lowest BCUT2D eigenvalue weighted by Crippen LogP contribution is -2.21. The molecular formula is C22H17BrClNO3. The number of halogens is 2. The Kier molecular flexibility index (Phi) is 6.49. The normalized spacial score (nSPS) is 10.4. The molecule has 0 aliphatic carbocycles. The Hall–Kier alpha value is -2.63. The third-order valence-corrected chi connectivity index (χ3v) is 5.16. The van der Waals surface area contributed by atoms with Crippen LogP contribution in [0.4, 0.5) is 5.69 Å². The number of anilines is 1. The van der Waals surface area contributed by atoms with Crippen LogP contribution in [0.5, 0.6) is 5.75 Å². The lowest BCUT2D eigenvalue weighted by molar-refractivity contribution is -0.118. The number of nitrogens with one attached hydrogen (secondary N) is 1. The van der Waals surface area contributed by atoms with Crippen LogP contribution in [-0.2, 0) is 4.79 Å². The summed E-state index contributed by atoms with van der Waals surface area (Å²) in [6, 6.07) is 19.1. The first kappa shape index (κ1) is 20.1. The van der Waals surface area contributed by atoms with Gasteiger partial charge in [0.05, 0.1) is 5.69 Å². The van der Waals surface area contributed by atoms with E-state index in [1.165, 1.54) is 0 Å². The fraction of sp³-hybridized carbons (Fsp3) is 0.0909. The molecule has 3 aromatic rings. The van der Waals surface area contributed by atoms with Gasteiger partial charge in [0.15, 0.2) is 12.4 Å². The number of benzene rings is 3. The van der Waals surface area contributed by atoms with Crippen LogP contribution in [0.25, 0.3) is 0 Å². The Morgan fingerprint density at radius 2 is 1.79 bits per heavy atom. The molecule has 28 heavy (non-hydrogen) atoms. The average molecular weight is 459 g/mol. The number of amides is 1. The second-order valence-electron chi connectivity index (χ2n) is 6.13. The lowest BCUT2D eigenvalue weighted by Gasteiger charge is -2.12. The van der Waals surface area contributed by atoms with Gasteiger partial charge in [-0.15, -0.1) is 0 Å². The standard InChI is InChI=1S/C22H17BrClNO3/c1-14-11-17(8-9-19(14)23)28-13-21(26)25-20-10-7-16(24)12-18(20)22(27)15-5-3-2-4-6-15/h2-12H,13H2,1H3,(H,25,26). The molecular weight excluding hydrogens is 442 g/mol. The number of hydrogen-bond acceptors (Lipinski definition) is 3. The van der Waals surface area contributed by atoms with Crippen molar-refractivity contribution < 1.29 is 14.3 Å². The minimum atomic E-state index is -0.370. The van der Waals surface area contributed by atoms with E-state index in [1.54, 1.807) is 48.5 Å². The topological polar surface area (TPSA) is 55.4 Å². The Balaban J connectivity index is 1.73. The fourth-order valence-corrected chi connectivity index (χ4v) is 3.02. The van der Waals surface area contributed by atoms with Gasteiger partial charge < -0.3 is 10.1 Å². The summed E-state index contributed by atoms with van der Waals surface area (Å²) in [5.41, 5.74) is 2.23. The fourth-order valence-electron chi connectivity index (χ4n) is 2.60. The summed E-state index contributed by atoms with van der Waals surface area (Å²) >= 11 is 9.48. The Morgan fingerprint density at radius 1 is 1.04 bits per heavy atom. The number of aryl methyl sites for hydroxylation is 1. The molecule has 0 aliphatic rings. The third-order valence-electron chi connectivity index (χ3n) is 4.04. The Labute approximate surface area is 176 Å². The van der Waals surface area contributed by atoms with Crippen LogP contribution in [0.2, 0.25) is 5.02 Å². The average Bonchev–Trinajstić information content (AvgIpc) is 2.70. The predicted octanol–water partition coefficient (Wildman–Crippen LogP) is 5.66. The van der Waals surface area contributed by atoms with Gasteiger partial charge in [0.1, 0.15) is 5.75 Å². The molecule has 0 aliphatic heterocycles. The van der Waals surface area contributed by atoms with Crippen molar-refractivity contribution in [3.05, 3.63) is 92.9 Å². The van der Waals surface area contributed by atoms with Gasteiger partial charge in [0.2, 0.25) is 0 Å². The van der Waals surface area contributed by atoms with E-state index >= 15 is 0 Å². The van der Waals surface area contributed by atoms with Crippen LogP contribution in [0.15, 0.2) is 71.2 Å². The van der Waals surface area contributed by atoms with Crippen molar-refractivity contribution in [1.82, 2.24) is 0 Å². The lowest BCUT2D eigenvalue weighted by atomic mass is 10.0. The van der Waals surface area contributed by atoms with Crippen molar-refractivity contribution in [1.29, 1.82) is 0 Å². The van der Waals surface area contributed by atoms with Crippen molar-refractivity contribution in [3.8, 4) is 5.75 Å². The summed E-state index contributed by atoms with van der Waals surface area (Å²) in [5, 5.41) is 3.15. The van der Waals surface area contributed by atoms with Crippen LogP contribution >= 0.6 is 27.5 Å². The van der Waals surface area contributed by atoms with Crippen LogP contribution < -0.4 is 10.1 Å². The van der Waals surface area contributed by atoms with E-state index in [-0.39, 0.29) is 18.3 Å². The number of hydrogen-bond donors (Lipinski definition) is 1. The molecule has 0 fully saturated rings. The van der Waals surface area contributed by atoms with Gasteiger partial charge in [0.25, 0.3) is 5.91 Å². The van der Waals surface area contributed by atoms with Crippen LogP contribution in [0.1, 0.15) is 21.5 Å². The summed E-state index contributed by atoms with van der Waals surface area (Å²) in [6.07, 6.45) is 0. The van der Waals surface area contributed by atoms with E-state index in [9.17, 15) is 9.59 Å². The molecule has 0 aromatic heterocycles. The second-order valence-corrected chi connectivity index (χ2v) is 7.42. The zero-order valence-corrected chi connectivity index (χ0v) is 17.4. The Bertz CT molecular complexity index is 1020. The number of ketones is 1. The highest BCUT2D eigenvalue weighted by Crippen LogP contribution is 2.24. The Morgan fingerprint density at radius 3 is 2.50 bits per heavy atom. The number of rotatable bonds is 6. The molecule has 0 bridgehead atoms. The van der Waals surface area contributed by atoms with Crippen LogP contribution in [0.3, 0.4) is 0 Å². The summed E-state index contributed by atoms with van der Waals surface area (Å²) in [6.45, 7) is 1.76. The third kappa shape index (κ3) is 5.00.